The van der Waals surface area contributed by atoms with Gasteiger partial charge < -0.3 is 4.57 Å². The highest BCUT2D eigenvalue weighted by atomic mass is 15.0. The molecule has 3 aromatic rings. The zero-order valence-electron chi connectivity index (χ0n) is 10.2. The molecule has 0 radical (unpaired) electrons. The van der Waals surface area contributed by atoms with E-state index in [1.807, 2.05) is 53.4 Å². The lowest BCUT2D eigenvalue weighted by Gasteiger charge is -2.01. The van der Waals surface area contributed by atoms with Crippen molar-refractivity contribution in [3.63, 3.8) is 0 Å². The predicted octanol–water partition coefficient (Wildman–Crippen LogP) is 3.02. The van der Waals surface area contributed by atoms with Crippen LogP contribution in [0.1, 0.15) is 5.56 Å². The number of benzene rings is 1. The SMILES string of the molecule is C(=Nc1ccc(-n2ccnc2)cc1)c1ccncc1. The topological polar surface area (TPSA) is 43.1 Å². The normalized spacial score (nSPS) is 10.9. The smallest absolute Gasteiger partial charge is 0.0991 e. The standard InChI is InChI=1S/C15H12N4/c1-3-15(19-10-9-17-12-19)4-2-14(1)18-11-13-5-7-16-8-6-13/h1-12H. The van der Waals surface area contributed by atoms with Crippen LogP contribution in [0.2, 0.25) is 0 Å². The highest BCUT2D eigenvalue weighted by molar-refractivity contribution is 5.81. The van der Waals surface area contributed by atoms with E-state index < -0.39 is 0 Å². The average Bonchev–Trinajstić information content (AvgIpc) is 3.01. The summed E-state index contributed by atoms with van der Waals surface area (Å²) < 4.78 is 1.95. The summed E-state index contributed by atoms with van der Waals surface area (Å²) in [7, 11) is 0. The van der Waals surface area contributed by atoms with Crippen LogP contribution >= 0.6 is 0 Å². The van der Waals surface area contributed by atoms with Crippen molar-refractivity contribution in [2.75, 3.05) is 0 Å². The molecule has 0 aliphatic rings. The van der Waals surface area contributed by atoms with E-state index in [0.717, 1.165) is 16.9 Å². The maximum atomic E-state index is 4.42. The van der Waals surface area contributed by atoms with Gasteiger partial charge in [0.25, 0.3) is 0 Å². The van der Waals surface area contributed by atoms with E-state index in [2.05, 4.69) is 15.0 Å². The van der Waals surface area contributed by atoms with Crippen LogP contribution in [0.15, 0.2) is 72.5 Å². The second-order valence-corrected chi connectivity index (χ2v) is 4.03. The minimum Gasteiger partial charge on any atom is -0.306 e. The molecule has 4 nitrogen and oxygen atoms in total. The third-order valence-electron chi connectivity index (χ3n) is 2.72. The predicted molar refractivity (Wildman–Crippen MR) is 75.1 cm³/mol. The van der Waals surface area contributed by atoms with E-state index in [1.165, 1.54) is 0 Å². The van der Waals surface area contributed by atoms with Crippen molar-refractivity contribution in [1.82, 2.24) is 14.5 Å². The van der Waals surface area contributed by atoms with Crippen molar-refractivity contribution in [1.29, 1.82) is 0 Å². The number of aliphatic imine (C=N–C) groups is 1. The largest absolute Gasteiger partial charge is 0.306 e. The van der Waals surface area contributed by atoms with Crippen molar-refractivity contribution < 1.29 is 0 Å². The Balaban J connectivity index is 1.78. The maximum Gasteiger partial charge on any atom is 0.0991 e. The molecule has 0 bridgehead atoms. The highest BCUT2D eigenvalue weighted by Gasteiger charge is 1.95. The number of hydrogen-bond acceptors (Lipinski definition) is 3. The number of hydrogen-bond donors (Lipinski definition) is 0. The van der Waals surface area contributed by atoms with Gasteiger partial charge in [-0.3, -0.25) is 9.98 Å². The molecule has 3 rings (SSSR count). The molecule has 2 heterocycles. The Morgan fingerprint density at radius 3 is 2.37 bits per heavy atom. The number of imidazole rings is 1. The molecule has 0 spiro atoms. The van der Waals surface area contributed by atoms with Crippen LogP contribution in [0, 0.1) is 0 Å². The lowest BCUT2D eigenvalue weighted by molar-refractivity contribution is 1.06. The Morgan fingerprint density at radius 1 is 0.895 bits per heavy atom. The zero-order valence-corrected chi connectivity index (χ0v) is 10.2. The lowest BCUT2D eigenvalue weighted by Crippen LogP contribution is -1.88. The Labute approximate surface area is 111 Å². The lowest BCUT2D eigenvalue weighted by atomic mass is 10.2. The van der Waals surface area contributed by atoms with Gasteiger partial charge in [0.1, 0.15) is 0 Å². The first-order chi connectivity index (χ1) is 9.42. The molecular formula is C15H12N4. The maximum absolute atomic E-state index is 4.42. The molecule has 0 amide bonds. The number of aromatic nitrogens is 3. The molecule has 0 atom stereocenters. The van der Waals surface area contributed by atoms with Crippen LogP contribution in [0.5, 0.6) is 0 Å². The summed E-state index contributed by atoms with van der Waals surface area (Å²) in [6.45, 7) is 0. The molecule has 0 unspecified atom stereocenters. The Hall–Kier alpha value is -2.75. The van der Waals surface area contributed by atoms with Gasteiger partial charge in [-0.1, -0.05) is 0 Å². The summed E-state index contributed by atoms with van der Waals surface area (Å²) >= 11 is 0. The minimum absolute atomic E-state index is 0.917. The summed E-state index contributed by atoms with van der Waals surface area (Å²) in [6.07, 6.45) is 10.8. The first-order valence-electron chi connectivity index (χ1n) is 5.94. The van der Waals surface area contributed by atoms with Gasteiger partial charge in [0.15, 0.2) is 0 Å². The van der Waals surface area contributed by atoms with Gasteiger partial charge >= 0.3 is 0 Å². The monoisotopic (exact) mass is 248 g/mol. The van der Waals surface area contributed by atoms with Gasteiger partial charge in [-0.15, -0.1) is 0 Å². The van der Waals surface area contributed by atoms with Gasteiger partial charge in [0.05, 0.1) is 12.0 Å². The Morgan fingerprint density at radius 2 is 1.68 bits per heavy atom. The van der Waals surface area contributed by atoms with Crippen molar-refractivity contribution in [2.24, 2.45) is 4.99 Å². The Bertz CT molecular complexity index is 655. The van der Waals surface area contributed by atoms with Crippen LogP contribution in [0.25, 0.3) is 5.69 Å². The van der Waals surface area contributed by atoms with Crippen molar-refractivity contribution in [3.8, 4) is 5.69 Å². The van der Waals surface area contributed by atoms with E-state index >= 15 is 0 Å². The fourth-order valence-electron chi connectivity index (χ4n) is 1.72. The molecule has 0 N–H and O–H groups in total. The molecule has 0 saturated carbocycles. The van der Waals surface area contributed by atoms with E-state index in [1.54, 1.807) is 24.9 Å². The van der Waals surface area contributed by atoms with Crippen LogP contribution in [-0.2, 0) is 0 Å². The van der Waals surface area contributed by atoms with E-state index in [4.69, 9.17) is 0 Å². The minimum atomic E-state index is 0.917. The summed E-state index contributed by atoms with van der Waals surface area (Å²) in [6, 6.07) is 11.8. The molecule has 2 aromatic heterocycles. The van der Waals surface area contributed by atoms with Gasteiger partial charge in [-0.05, 0) is 42.0 Å². The second-order valence-electron chi connectivity index (χ2n) is 4.03. The van der Waals surface area contributed by atoms with Crippen molar-refractivity contribution in [2.45, 2.75) is 0 Å². The molecule has 4 heteroatoms. The summed E-state index contributed by atoms with van der Waals surface area (Å²) in [5.74, 6) is 0. The number of pyridine rings is 1. The van der Waals surface area contributed by atoms with Crippen LogP contribution in [0.3, 0.4) is 0 Å². The zero-order chi connectivity index (χ0) is 12.9. The molecule has 92 valence electrons. The third-order valence-corrected chi connectivity index (χ3v) is 2.72. The molecule has 1 aromatic carbocycles. The van der Waals surface area contributed by atoms with Gasteiger partial charge in [0.2, 0.25) is 0 Å². The molecule has 0 aliphatic heterocycles. The van der Waals surface area contributed by atoms with Crippen LogP contribution in [-0.4, -0.2) is 20.7 Å². The van der Waals surface area contributed by atoms with Crippen molar-refractivity contribution >= 4 is 11.9 Å². The van der Waals surface area contributed by atoms with Crippen LogP contribution in [0.4, 0.5) is 5.69 Å². The van der Waals surface area contributed by atoms with Gasteiger partial charge in [0, 0.05) is 36.7 Å². The summed E-state index contributed by atoms with van der Waals surface area (Å²) in [5.41, 5.74) is 3.02. The van der Waals surface area contributed by atoms with Gasteiger partial charge in [-0.25, -0.2) is 4.98 Å². The second kappa shape index (κ2) is 5.27. The van der Waals surface area contributed by atoms with E-state index in [0.29, 0.717) is 0 Å². The third kappa shape index (κ3) is 2.74. The van der Waals surface area contributed by atoms with Crippen molar-refractivity contribution in [3.05, 3.63) is 73.1 Å². The van der Waals surface area contributed by atoms with Gasteiger partial charge in [-0.2, -0.15) is 0 Å². The molecular weight excluding hydrogens is 236 g/mol. The first kappa shape index (κ1) is 11.3. The highest BCUT2D eigenvalue weighted by Crippen LogP contribution is 2.15. The molecule has 0 aliphatic carbocycles. The van der Waals surface area contributed by atoms with E-state index in [9.17, 15) is 0 Å². The number of rotatable bonds is 3. The first-order valence-corrected chi connectivity index (χ1v) is 5.94. The fraction of sp³-hybridized carbons (Fsp3) is 0. The molecule has 19 heavy (non-hydrogen) atoms. The van der Waals surface area contributed by atoms with Crippen LogP contribution < -0.4 is 0 Å². The summed E-state index contributed by atoms with van der Waals surface area (Å²) in [4.78, 5) is 12.4. The summed E-state index contributed by atoms with van der Waals surface area (Å²) in [5, 5.41) is 0. The van der Waals surface area contributed by atoms with E-state index in [-0.39, 0.29) is 0 Å². The quantitative estimate of drug-likeness (QED) is 0.669. The molecule has 0 fully saturated rings. The number of nitrogens with zero attached hydrogens (tertiary/aromatic N) is 4. The fourth-order valence-corrected chi connectivity index (χ4v) is 1.72. The Kier molecular flexibility index (Phi) is 3.14. The molecule has 0 saturated heterocycles. The average molecular weight is 248 g/mol.